The summed E-state index contributed by atoms with van der Waals surface area (Å²) in [6, 6.07) is 10.6. The van der Waals surface area contributed by atoms with Gasteiger partial charge in [-0.3, -0.25) is 9.25 Å². The monoisotopic (exact) mass is 669 g/mol. The van der Waals surface area contributed by atoms with E-state index in [2.05, 4.69) is 31.2 Å². The van der Waals surface area contributed by atoms with Crippen LogP contribution in [0.15, 0.2) is 53.1 Å². The summed E-state index contributed by atoms with van der Waals surface area (Å²) >= 11 is 3.22. The number of anilines is 1. The van der Waals surface area contributed by atoms with Crippen molar-refractivity contribution in [3.05, 3.63) is 64.5 Å². The number of ether oxygens (including phenoxy) is 2. The van der Waals surface area contributed by atoms with E-state index < -0.39 is 27.7 Å². The van der Waals surface area contributed by atoms with E-state index in [1.165, 1.54) is 26.4 Å². The van der Waals surface area contributed by atoms with Crippen molar-refractivity contribution < 1.29 is 27.4 Å². The Morgan fingerprint density at radius 3 is 2.37 bits per heavy atom. The normalized spacial score (nSPS) is 12.5. The van der Waals surface area contributed by atoms with Crippen LogP contribution in [0.4, 0.5) is 10.3 Å². The Labute approximate surface area is 249 Å². The number of aryl methyl sites for hydroxylation is 1. The number of hydrogen-bond acceptors (Lipinski definition) is 8. The molecule has 0 aliphatic carbocycles. The number of hydrogen-bond donors (Lipinski definition) is 1. The molecule has 15 heteroatoms. The highest BCUT2D eigenvalue weighted by atomic mass is 79.9. The Morgan fingerprint density at radius 2 is 1.80 bits per heavy atom. The molecule has 0 spiro atoms. The van der Waals surface area contributed by atoms with Gasteiger partial charge in [0.25, 0.3) is 0 Å². The lowest BCUT2D eigenvalue weighted by molar-refractivity contribution is 0.200. The number of benzene rings is 2. The van der Waals surface area contributed by atoms with Gasteiger partial charge in [-0.1, -0.05) is 28.1 Å². The lowest BCUT2D eigenvalue weighted by Gasteiger charge is -2.26. The number of para-hydroxylation sites is 1. The quantitative estimate of drug-likeness (QED) is 0.228. The lowest BCUT2D eigenvalue weighted by atomic mass is 10.1. The minimum Gasteiger partial charge on any atom is -0.494 e. The van der Waals surface area contributed by atoms with Crippen LogP contribution >= 0.6 is 15.9 Å². The molecule has 4 aromatic rings. The first-order chi connectivity index (χ1) is 19.5. The second kappa shape index (κ2) is 12.8. The number of halogens is 2. The molecule has 0 aliphatic heterocycles. The Bertz CT molecular complexity index is 1610. The molecule has 220 valence electrons. The van der Waals surface area contributed by atoms with E-state index in [1.807, 2.05) is 12.5 Å². The fourth-order valence-corrected chi connectivity index (χ4v) is 6.95. The number of aliphatic hydroxyl groups excluding tert-OH is 1. The average Bonchev–Trinajstić information content (AvgIpc) is 3.53. The van der Waals surface area contributed by atoms with Crippen LogP contribution in [-0.2, 0) is 28.0 Å². The molecule has 2 aromatic heterocycles. The van der Waals surface area contributed by atoms with E-state index in [9.17, 15) is 17.9 Å². The number of rotatable bonds is 12. The molecule has 0 saturated heterocycles. The standard InChI is InChI=1S/C26H31BrFN6O5S2/c1-32-12-11-20(31-32)25-29-30-26(34(25)24-22(38-2)7-6-8-23(24)39-3)33(13-14-40(4)5)41(36,37)16-21(35)18-10-9-17(28)15-19(18)27/h6-12,15,21,35H,13-14,16H2,1-5H3/q+1/t21-/m0/s1. The van der Waals surface area contributed by atoms with Crippen LogP contribution in [0.3, 0.4) is 0 Å². The summed E-state index contributed by atoms with van der Waals surface area (Å²) in [7, 11) is 0.377. The first-order valence-corrected chi connectivity index (χ1v) is 16.9. The lowest BCUT2D eigenvalue weighted by Crippen LogP contribution is -2.39. The number of aliphatic hydroxyl groups is 1. The van der Waals surface area contributed by atoms with Crippen LogP contribution in [0.25, 0.3) is 17.2 Å². The van der Waals surface area contributed by atoms with Crippen LogP contribution in [-0.4, -0.2) is 82.9 Å². The fraction of sp³-hybridized carbons (Fsp3) is 0.346. The van der Waals surface area contributed by atoms with Crippen molar-refractivity contribution in [1.82, 2.24) is 24.5 Å². The molecule has 0 radical (unpaired) electrons. The van der Waals surface area contributed by atoms with E-state index in [-0.39, 0.29) is 39.2 Å². The van der Waals surface area contributed by atoms with Gasteiger partial charge in [0.05, 0.1) is 45.1 Å². The molecule has 0 bridgehead atoms. The highest BCUT2D eigenvalue weighted by Crippen LogP contribution is 2.39. The van der Waals surface area contributed by atoms with Gasteiger partial charge >= 0.3 is 0 Å². The predicted octanol–water partition coefficient (Wildman–Crippen LogP) is 3.33. The molecule has 4 rings (SSSR count). The van der Waals surface area contributed by atoms with Gasteiger partial charge in [0, 0.05) is 17.7 Å². The Morgan fingerprint density at radius 1 is 1.12 bits per heavy atom. The molecule has 11 nitrogen and oxygen atoms in total. The van der Waals surface area contributed by atoms with E-state index in [1.54, 1.807) is 46.8 Å². The van der Waals surface area contributed by atoms with Crippen LogP contribution in [0.1, 0.15) is 11.7 Å². The SMILES string of the molecule is COc1cccc(OC)c1-n1c(-c2ccn(C)n2)nnc1N(CC[S+](C)C)S(=O)(=O)C[C@H](O)c1ccc(F)cc1Br. The first kappa shape index (κ1) is 30.8. The summed E-state index contributed by atoms with van der Waals surface area (Å²) in [6.07, 6.45) is 4.29. The molecule has 41 heavy (non-hydrogen) atoms. The number of sulfonamides is 1. The van der Waals surface area contributed by atoms with Crippen molar-refractivity contribution in [3.63, 3.8) is 0 Å². The molecular weight excluding hydrogens is 639 g/mol. The van der Waals surface area contributed by atoms with Crippen molar-refractivity contribution in [3.8, 4) is 28.7 Å². The molecular formula is C26H31BrFN6O5S2+. The predicted molar refractivity (Wildman–Crippen MR) is 161 cm³/mol. The van der Waals surface area contributed by atoms with E-state index in [0.29, 0.717) is 28.6 Å². The summed E-state index contributed by atoms with van der Waals surface area (Å²) in [6.45, 7) is 0.0631. The second-order valence-corrected chi connectivity index (χ2v) is 14.4. The summed E-state index contributed by atoms with van der Waals surface area (Å²) < 4.78 is 57.6. The zero-order chi connectivity index (χ0) is 29.9. The van der Waals surface area contributed by atoms with Crippen molar-refractivity contribution in [1.29, 1.82) is 0 Å². The van der Waals surface area contributed by atoms with Crippen molar-refractivity contribution in [2.75, 3.05) is 49.1 Å². The smallest absolute Gasteiger partial charge is 0.246 e. The van der Waals surface area contributed by atoms with E-state index in [4.69, 9.17) is 9.47 Å². The molecule has 1 N–H and O–H groups in total. The zero-order valence-corrected chi connectivity index (χ0v) is 26.4. The number of methoxy groups -OCH3 is 2. The van der Waals surface area contributed by atoms with Crippen molar-refractivity contribution in [2.45, 2.75) is 6.10 Å². The molecule has 0 fully saturated rings. The van der Waals surface area contributed by atoms with Gasteiger partial charge in [0.1, 0.15) is 34.5 Å². The van der Waals surface area contributed by atoms with Crippen molar-refractivity contribution in [2.24, 2.45) is 7.05 Å². The van der Waals surface area contributed by atoms with Gasteiger partial charge in [0.2, 0.25) is 16.0 Å². The maximum Gasteiger partial charge on any atom is 0.246 e. The van der Waals surface area contributed by atoms with Crippen molar-refractivity contribution >= 4 is 42.8 Å². The summed E-state index contributed by atoms with van der Waals surface area (Å²) in [5, 5.41) is 24.2. The molecule has 0 amide bonds. The Balaban J connectivity index is 1.92. The fourth-order valence-electron chi connectivity index (χ4n) is 4.18. The van der Waals surface area contributed by atoms with Gasteiger partial charge in [-0.25, -0.2) is 17.1 Å². The Hall–Kier alpha value is -3.14. The average molecular weight is 671 g/mol. The molecule has 0 unspecified atom stereocenters. The van der Waals surface area contributed by atoms with Gasteiger partial charge in [-0.2, -0.15) is 5.10 Å². The largest absolute Gasteiger partial charge is 0.494 e. The minimum atomic E-state index is -4.24. The zero-order valence-electron chi connectivity index (χ0n) is 23.2. The molecule has 2 aromatic carbocycles. The van der Waals surface area contributed by atoms with Gasteiger partial charge in [-0.05, 0) is 46.8 Å². The topological polar surface area (TPSA) is 125 Å². The van der Waals surface area contributed by atoms with Crippen LogP contribution in [0.5, 0.6) is 11.5 Å². The van der Waals surface area contributed by atoms with Gasteiger partial charge in [-0.15, -0.1) is 10.2 Å². The van der Waals surface area contributed by atoms with Crippen LogP contribution in [0, 0.1) is 5.82 Å². The first-order valence-electron chi connectivity index (χ1n) is 12.3. The highest BCUT2D eigenvalue weighted by Gasteiger charge is 2.35. The third-order valence-corrected chi connectivity index (χ3v) is 9.61. The molecule has 0 aliphatic rings. The molecule has 0 saturated carbocycles. The maximum absolute atomic E-state index is 14.1. The van der Waals surface area contributed by atoms with Crippen LogP contribution < -0.4 is 13.8 Å². The third-order valence-electron chi connectivity index (χ3n) is 6.17. The molecule has 1 atom stereocenters. The van der Waals surface area contributed by atoms with Gasteiger partial charge < -0.3 is 14.6 Å². The molecule has 2 heterocycles. The summed E-state index contributed by atoms with van der Waals surface area (Å²) in [5.74, 6) is 0.331. The van der Waals surface area contributed by atoms with E-state index >= 15 is 0 Å². The number of aromatic nitrogens is 5. The maximum atomic E-state index is 14.1. The summed E-state index contributed by atoms with van der Waals surface area (Å²) in [5.41, 5.74) is 1.06. The number of nitrogens with zero attached hydrogens (tertiary/aromatic N) is 6. The third kappa shape index (κ3) is 6.68. The summed E-state index contributed by atoms with van der Waals surface area (Å²) in [4.78, 5) is 0. The van der Waals surface area contributed by atoms with E-state index in [0.717, 1.165) is 10.4 Å². The van der Waals surface area contributed by atoms with Crippen LogP contribution in [0.2, 0.25) is 0 Å². The Kier molecular flexibility index (Phi) is 9.62. The second-order valence-electron chi connectivity index (χ2n) is 9.27. The van der Waals surface area contributed by atoms with Gasteiger partial charge in [0.15, 0.2) is 5.82 Å². The minimum absolute atomic E-state index is 0.0238. The highest BCUT2D eigenvalue weighted by molar-refractivity contribution is 9.10.